The molecule has 0 saturated heterocycles. The van der Waals surface area contributed by atoms with E-state index in [1.807, 2.05) is 35.2 Å². The highest BCUT2D eigenvalue weighted by Gasteiger charge is 2.27. The molecule has 1 aliphatic heterocycles. The number of carbonyl (C=O) groups is 1. The molecule has 0 spiro atoms. The van der Waals surface area contributed by atoms with Crippen LogP contribution in [0.4, 0.5) is 5.69 Å². The second kappa shape index (κ2) is 5.76. The minimum Gasteiger partial charge on any atom is -0.476 e. The minimum atomic E-state index is -0.999. The zero-order chi connectivity index (χ0) is 15.7. The van der Waals surface area contributed by atoms with Crippen LogP contribution in [0.15, 0.2) is 30.3 Å². The molecular weight excluding hydrogens is 300 g/mol. The van der Waals surface area contributed by atoms with E-state index in [4.69, 9.17) is 12.2 Å². The first-order chi connectivity index (χ1) is 10.6. The van der Waals surface area contributed by atoms with Crippen LogP contribution < -0.4 is 5.32 Å². The Balaban J connectivity index is 1.79. The van der Waals surface area contributed by atoms with Gasteiger partial charge in [0.1, 0.15) is 0 Å². The summed E-state index contributed by atoms with van der Waals surface area (Å²) in [6.07, 6.45) is 0.725. The van der Waals surface area contributed by atoms with E-state index in [9.17, 15) is 9.90 Å². The van der Waals surface area contributed by atoms with Crippen molar-refractivity contribution in [2.45, 2.75) is 13.0 Å². The molecule has 0 bridgehead atoms. The van der Waals surface area contributed by atoms with Crippen LogP contribution in [0.1, 0.15) is 21.7 Å². The van der Waals surface area contributed by atoms with E-state index in [1.54, 1.807) is 11.7 Å². The molecule has 7 heteroatoms. The molecule has 114 valence electrons. The van der Waals surface area contributed by atoms with E-state index >= 15 is 0 Å². The lowest BCUT2D eigenvalue weighted by atomic mass is 10.1. The topological polar surface area (TPSA) is 70.4 Å². The SMILES string of the molecule is Cn1nc(C(=O)O)c2c1CCN(C(=S)Nc1ccccc1)C2. The molecule has 2 heterocycles. The lowest BCUT2D eigenvalue weighted by Crippen LogP contribution is -2.39. The molecule has 0 saturated carbocycles. The fraction of sp³-hybridized carbons (Fsp3) is 0.267. The Kier molecular flexibility index (Phi) is 3.81. The quantitative estimate of drug-likeness (QED) is 0.824. The van der Waals surface area contributed by atoms with Crippen LogP contribution in [0.25, 0.3) is 0 Å². The summed E-state index contributed by atoms with van der Waals surface area (Å²) in [4.78, 5) is 13.3. The highest BCUT2D eigenvalue weighted by atomic mass is 32.1. The molecular formula is C15H16N4O2S. The standard InChI is InChI=1S/C15H16N4O2S/c1-18-12-7-8-19(9-11(12)13(17-18)14(20)21)15(22)16-10-5-3-2-4-6-10/h2-6H,7-9H2,1H3,(H,16,22)(H,20,21). The smallest absolute Gasteiger partial charge is 0.356 e. The van der Waals surface area contributed by atoms with Crippen molar-refractivity contribution in [2.75, 3.05) is 11.9 Å². The van der Waals surface area contributed by atoms with Crippen molar-refractivity contribution in [3.8, 4) is 0 Å². The van der Waals surface area contributed by atoms with E-state index in [-0.39, 0.29) is 5.69 Å². The second-order valence-electron chi connectivity index (χ2n) is 5.17. The molecule has 6 nitrogen and oxygen atoms in total. The number of anilines is 1. The Bertz CT molecular complexity index is 727. The molecule has 0 amide bonds. The number of nitrogens with zero attached hydrogens (tertiary/aromatic N) is 3. The summed E-state index contributed by atoms with van der Waals surface area (Å²) >= 11 is 5.44. The van der Waals surface area contributed by atoms with Gasteiger partial charge in [0, 0.05) is 43.5 Å². The average Bonchev–Trinajstić information content (AvgIpc) is 2.85. The maximum absolute atomic E-state index is 11.3. The van der Waals surface area contributed by atoms with E-state index in [1.165, 1.54) is 0 Å². The third-order valence-electron chi connectivity index (χ3n) is 3.76. The van der Waals surface area contributed by atoms with Crippen LogP contribution in [0, 0.1) is 0 Å². The number of rotatable bonds is 2. The zero-order valence-electron chi connectivity index (χ0n) is 12.1. The zero-order valence-corrected chi connectivity index (χ0v) is 12.9. The number of hydrogen-bond donors (Lipinski definition) is 2. The Labute approximate surface area is 133 Å². The van der Waals surface area contributed by atoms with Gasteiger partial charge in [-0.25, -0.2) is 4.79 Å². The van der Waals surface area contributed by atoms with Gasteiger partial charge < -0.3 is 15.3 Å². The lowest BCUT2D eigenvalue weighted by molar-refractivity contribution is 0.0687. The highest BCUT2D eigenvalue weighted by molar-refractivity contribution is 7.80. The maximum Gasteiger partial charge on any atom is 0.356 e. The molecule has 3 rings (SSSR count). The number of thiocarbonyl (C=S) groups is 1. The number of fused-ring (bicyclic) bond motifs is 1. The molecule has 0 radical (unpaired) electrons. The minimum absolute atomic E-state index is 0.115. The molecule has 2 N–H and O–H groups in total. The van der Waals surface area contributed by atoms with Gasteiger partial charge in [0.25, 0.3) is 0 Å². The summed E-state index contributed by atoms with van der Waals surface area (Å²) in [6, 6.07) is 9.69. The number of carboxylic acids is 1. The van der Waals surface area contributed by atoms with Gasteiger partial charge in [0.2, 0.25) is 0 Å². The summed E-state index contributed by atoms with van der Waals surface area (Å²) in [5.74, 6) is -0.999. The molecule has 0 unspecified atom stereocenters. The third-order valence-corrected chi connectivity index (χ3v) is 4.12. The van der Waals surface area contributed by atoms with Gasteiger partial charge >= 0.3 is 5.97 Å². The number of para-hydroxylation sites is 1. The molecule has 0 fully saturated rings. The van der Waals surface area contributed by atoms with Crippen LogP contribution in [-0.4, -0.2) is 37.4 Å². The second-order valence-corrected chi connectivity index (χ2v) is 5.56. The van der Waals surface area contributed by atoms with Crippen molar-refractivity contribution in [1.29, 1.82) is 0 Å². The first-order valence-electron chi connectivity index (χ1n) is 6.95. The first-order valence-corrected chi connectivity index (χ1v) is 7.36. The summed E-state index contributed by atoms with van der Waals surface area (Å²) in [6.45, 7) is 1.20. The van der Waals surface area contributed by atoms with Crippen molar-refractivity contribution < 1.29 is 9.90 Å². The molecule has 22 heavy (non-hydrogen) atoms. The van der Waals surface area contributed by atoms with E-state index in [2.05, 4.69) is 10.4 Å². The Morgan fingerprint density at radius 1 is 1.36 bits per heavy atom. The molecule has 1 aromatic heterocycles. The van der Waals surface area contributed by atoms with Gasteiger partial charge in [-0.05, 0) is 24.4 Å². The average molecular weight is 316 g/mol. The normalized spacial score (nSPS) is 13.6. The van der Waals surface area contributed by atoms with E-state index < -0.39 is 5.97 Å². The van der Waals surface area contributed by atoms with Crippen molar-refractivity contribution in [3.05, 3.63) is 47.3 Å². The Morgan fingerprint density at radius 2 is 2.09 bits per heavy atom. The number of aryl methyl sites for hydroxylation is 1. The van der Waals surface area contributed by atoms with Crippen molar-refractivity contribution in [3.63, 3.8) is 0 Å². The first kappa shape index (κ1) is 14.5. The van der Waals surface area contributed by atoms with Crippen LogP contribution in [0.5, 0.6) is 0 Å². The number of nitrogens with one attached hydrogen (secondary N) is 1. The predicted octanol–water partition coefficient (Wildman–Crippen LogP) is 1.87. The van der Waals surface area contributed by atoms with E-state index in [0.29, 0.717) is 11.7 Å². The van der Waals surface area contributed by atoms with Gasteiger partial charge in [-0.15, -0.1) is 0 Å². The van der Waals surface area contributed by atoms with Crippen LogP contribution in [-0.2, 0) is 20.0 Å². The summed E-state index contributed by atoms with van der Waals surface area (Å²) in [5, 5.41) is 17.1. The fourth-order valence-electron chi connectivity index (χ4n) is 2.66. The number of aromatic carboxylic acids is 1. The van der Waals surface area contributed by atoms with Gasteiger partial charge in [0.05, 0.1) is 0 Å². The molecule has 1 aliphatic rings. The number of aromatic nitrogens is 2. The van der Waals surface area contributed by atoms with Crippen molar-refractivity contribution in [2.24, 2.45) is 7.05 Å². The van der Waals surface area contributed by atoms with E-state index in [0.717, 1.165) is 29.9 Å². The molecule has 0 atom stereocenters. The van der Waals surface area contributed by atoms with Gasteiger partial charge in [-0.1, -0.05) is 18.2 Å². The van der Waals surface area contributed by atoms with Gasteiger partial charge in [-0.3, -0.25) is 4.68 Å². The molecule has 1 aromatic carbocycles. The summed E-state index contributed by atoms with van der Waals surface area (Å²) in [5.41, 5.74) is 2.75. The molecule has 2 aromatic rings. The van der Waals surface area contributed by atoms with Gasteiger partial charge in [0.15, 0.2) is 10.8 Å². The Hall–Kier alpha value is -2.41. The number of carboxylic acid groups (broad SMARTS) is 1. The molecule has 0 aliphatic carbocycles. The summed E-state index contributed by atoms with van der Waals surface area (Å²) < 4.78 is 1.66. The van der Waals surface area contributed by atoms with Crippen molar-refractivity contribution in [1.82, 2.24) is 14.7 Å². The lowest BCUT2D eigenvalue weighted by Gasteiger charge is -2.30. The predicted molar refractivity (Wildman–Crippen MR) is 86.9 cm³/mol. The maximum atomic E-state index is 11.3. The van der Waals surface area contributed by atoms with Gasteiger partial charge in [-0.2, -0.15) is 5.10 Å². The van der Waals surface area contributed by atoms with Crippen molar-refractivity contribution >= 4 is 29.0 Å². The monoisotopic (exact) mass is 316 g/mol. The highest BCUT2D eigenvalue weighted by Crippen LogP contribution is 2.23. The fourth-order valence-corrected chi connectivity index (χ4v) is 2.94. The summed E-state index contributed by atoms with van der Waals surface area (Å²) in [7, 11) is 1.78. The van der Waals surface area contributed by atoms with Crippen LogP contribution >= 0.6 is 12.2 Å². The van der Waals surface area contributed by atoms with Crippen LogP contribution in [0.3, 0.4) is 0 Å². The van der Waals surface area contributed by atoms with Crippen LogP contribution in [0.2, 0.25) is 0 Å². The Morgan fingerprint density at radius 3 is 2.77 bits per heavy atom. The number of hydrogen-bond acceptors (Lipinski definition) is 3. The number of benzene rings is 1. The third kappa shape index (κ3) is 2.67. The largest absolute Gasteiger partial charge is 0.476 e.